The van der Waals surface area contributed by atoms with Crippen LogP contribution in [0.15, 0.2) is 24.5 Å². The molecule has 2 saturated heterocycles. The summed E-state index contributed by atoms with van der Waals surface area (Å²) in [7, 11) is 0. The van der Waals surface area contributed by atoms with Crippen molar-refractivity contribution in [2.45, 2.75) is 31.3 Å². The van der Waals surface area contributed by atoms with Gasteiger partial charge in [-0.3, -0.25) is 9.78 Å². The van der Waals surface area contributed by atoms with Crippen molar-refractivity contribution in [3.8, 4) is 0 Å². The molecular weight excluding hydrogens is 358 g/mol. The van der Waals surface area contributed by atoms with Crippen molar-refractivity contribution < 1.29 is 19.1 Å². The van der Waals surface area contributed by atoms with E-state index < -0.39 is 5.60 Å². The summed E-state index contributed by atoms with van der Waals surface area (Å²) in [5.74, 6) is 2.36. The van der Waals surface area contributed by atoms with Gasteiger partial charge >= 0.3 is 6.09 Å². The number of fused-ring (bicyclic) bond motifs is 1. The van der Waals surface area contributed by atoms with E-state index in [0.29, 0.717) is 36.9 Å². The smallest absolute Gasteiger partial charge is 0.410 e. The fraction of sp³-hybridized carbons (Fsp3) is 0.667. The monoisotopic (exact) mass is 385 g/mol. The van der Waals surface area contributed by atoms with Crippen LogP contribution in [0.25, 0.3) is 0 Å². The lowest BCUT2D eigenvalue weighted by Gasteiger charge is -2.38. The number of nitrogens with one attached hydrogen (secondary N) is 1. The van der Waals surface area contributed by atoms with E-state index in [2.05, 4.69) is 10.3 Å². The highest BCUT2D eigenvalue weighted by atomic mass is 16.6. The Balaban J connectivity index is 0.999. The summed E-state index contributed by atoms with van der Waals surface area (Å²) in [4.78, 5) is 30.5. The van der Waals surface area contributed by atoms with Crippen LogP contribution in [-0.4, -0.2) is 60.3 Å². The van der Waals surface area contributed by atoms with Crippen LogP contribution >= 0.6 is 0 Å². The van der Waals surface area contributed by atoms with E-state index in [4.69, 9.17) is 9.47 Å². The van der Waals surface area contributed by atoms with Crippen molar-refractivity contribution in [3.63, 3.8) is 0 Å². The summed E-state index contributed by atoms with van der Waals surface area (Å²) >= 11 is 0. The molecule has 0 bridgehead atoms. The highest BCUT2D eigenvalue weighted by molar-refractivity contribution is 5.82. The van der Waals surface area contributed by atoms with Gasteiger partial charge in [0.2, 0.25) is 5.91 Å². The minimum Gasteiger partial charge on any atom is -0.438 e. The molecule has 0 aromatic carbocycles. The van der Waals surface area contributed by atoms with E-state index in [9.17, 15) is 9.59 Å². The van der Waals surface area contributed by atoms with E-state index >= 15 is 0 Å². The zero-order valence-electron chi connectivity index (χ0n) is 16.2. The number of hydrogen-bond donors (Lipinski definition) is 1. The molecule has 150 valence electrons. The molecule has 3 heterocycles. The predicted molar refractivity (Wildman–Crippen MR) is 100 cm³/mol. The van der Waals surface area contributed by atoms with Crippen LogP contribution in [-0.2, 0) is 14.3 Å². The maximum atomic E-state index is 12.3. The Morgan fingerprint density at radius 1 is 1.36 bits per heavy atom. The van der Waals surface area contributed by atoms with Crippen molar-refractivity contribution in [1.82, 2.24) is 15.2 Å². The molecule has 7 nitrogen and oxygen atoms in total. The first-order valence-electron chi connectivity index (χ1n) is 10.3. The van der Waals surface area contributed by atoms with Gasteiger partial charge in [-0.25, -0.2) is 4.79 Å². The summed E-state index contributed by atoms with van der Waals surface area (Å²) in [5.41, 5.74) is 0.720. The SMILES string of the molecule is CC1(OC(=O)N2C[C@@H]3[C@@H](CCNC(=O)[C@H]4C[C@@H]4c4cccnc4)[C@@H]3C2)COC1. The quantitative estimate of drug-likeness (QED) is 0.808. The summed E-state index contributed by atoms with van der Waals surface area (Å²) in [6.07, 6.45) is 5.34. The first kappa shape index (κ1) is 17.9. The van der Waals surface area contributed by atoms with Gasteiger partial charge < -0.3 is 19.7 Å². The summed E-state index contributed by atoms with van der Waals surface area (Å²) in [6.45, 7) is 5.19. The minimum atomic E-state index is -0.440. The number of ether oxygens (including phenoxy) is 2. The van der Waals surface area contributed by atoms with Crippen LogP contribution < -0.4 is 5.32 Å². The number of rotatable bonds is 6. The summed E-state index contributed by atoms with van der Waals surface area (Å²) in [6, 6.07) is 3.97. The molecule has 5 rings (SSSR count). The van der Waals surface area contributed by atoms with Crippen molar-refractivity contribution in [2.75, 3.05) is 32.8 Å². The van der Waals surface area contributed by atoms with E-state index in [-0.39, 0.29) is 17.9 Å². The average Bonchev–Trinajstić information content (AvgIpc) is 3.56. The van der Waals surface area contributed by atoms with Crippen LogP contribution in [0.5, 0.6) is 0 Å². The second-order valence-corrected chi connectivity index (χ2v) is 9.02. The number of carbonyl (C=O) groups is 2. The molecule has 0 spiro atoms. The molecule has 2 amide bonds. The Bertz CT molecular complexity index is 754. The summed E-state index contributed by atoms with van der Waals surface area (Å²) in [5, 5.41) is 3.11. The number of carbonyl (C=O) groups excluding carboxylic acids is 2. The highest BCUT2D eigenvalue weighted by Crippen LogP contribution is 2.53. The van der Waals surface area contributed by atoms with Gasteiger partial charge in [-0.15, -0.1) is 0 Å². The lowest BCUT2D eigenvalue weighted by atomic mass is 10.1. The van der Waals surface area contributed by atoms with Crippen LogP contribution in [0.4, 0.5) is 4.79 Å². The second kappa shape index (κ2) is 6.72. The fourth-order valence-electron chi connectivity index (χ4n) is 4.89. The van der Waals surface area contributed by atoms with Crippen LogP contribution in [0, 0.1) is 23.7 Å². The standard InChI is InChI=1S/C21H27N3O4/c1-21(11-27-12-21)28-20(26)24-9-17-14(18(17)10-24)4-6-23-19(25)16-7-15(16)13-3-2-5-22-8-13/h2-3,5,8,14-18H,4,6-7,9-12H2,1H3,(H,23,25)/t14-,15-,16+,17-,18+/m1/s1. The first-order chi connectivity index (χ1) is 13.5. The second-order valence-electron chi connectivity index (χ2n) is 9.02. The molecule has 1 N–H and O–H groups in total. The number of aromatic nitrogens is 1. The molecule has 0 radical (unpaired) electrons. The number of likely N-dealkylation sites (tertiary alicyclic amines) is 1. The Kier molecular flexibility index (Phi) is 4.30. The molecule has 2 saturated carbocycles. The van der Waals surface area contributed by atoms with E-state index in [1.165, 1.54) is 0 Å². The number of nitrogens with zero attached hydrogens (tertiary/aromatic N) is 2. The van der Waals surface area contributed by atoms with Gasteiger partial charge in [0.25, 0.3) is 0 Å². The Morgan fingerprint density at radius 3 is 2.79 bits per heavy atom. The minimum absolute atomic E-state index is 0.102. The third kappa shape index (κ3) is 3.36. The van der Waals surface area contributed by atoms with Gasteiger partial charge in [0, 0.05) is 37.9 Å². The van der Waals surface area contributed by atoms with Crippen molar-refractivity contribution in [2.24, 2.45) is 23.7 Å². The maximum absolute atomic E-state index is 12.3. The number of pyridine rings is 1. The van der Waals surface area contributed by atoms with Crippen LogP contribution in [0.1, 0.15) is 31.2 Å². The third-order valence-electron chi connectivity index (χ3n) is 6.79. The topological polar surface area (TPSA) is 80.8 Å². The number of amides is 2. The number of hydrogen-bond acceptors (Lipinski definition) is 5. The van der Waals surface area contributed by atoms with Gasteiger partial charge in [0.05, 0.1) is 13.2 Å². The van der Waals surface area contributed by atoms with Crippen LogP contribution in [0.3, 0.4) is 0 Å². The van der Waals surface area contributed by atoms with E-state index in [1.807, 2.05) is 30.2 Å². The van der Waals surface area contributed by atoms with E-state index in [1.54, 1.807) is 6.20 Å². The van der Waals surface area contributed by atoms with Gasteiger partial charge in [-0.05, 0) is 55.1 Å². The van der Waals surface area contributed by atoms with Gasteiger partial charge in [0.1, 0.15) is 0 Å². The lowest BCUT2D eigenvalue weighted by molar-refractivity contribution is -0.171. The first-order valence-corrected chi connectivity index (χ1v) is 10.3. The normalized spacial score (nSPS) is 34.2. The molecular formula is C21H27N3O4. The molecule has 2 aliphatic heterocycles. The van der Waals surface area contributed by atoms with Crippen LogP contribution in [0.2, 0.25) is 0 Å². The Morgan fingerprint density at radius 2 is 2.14 bits per heavy atom. The molecule has 4 fully saturated rings. The molecule has 4 aliphatic rings. The molecule has 2 aliphatic carbocycles. The molecule has 5 atom stereocenters. The summed E-state index contributed by atoms with van der Waals surface area (Å²) < 4.78 is 10.7. The van der Waals surface area contributed by atoms with Gasteiger partial charge in [-0.2, -0.15) is 0 Å². The van der Waals surface area contributed by atoms with Crippen molar-refractivity contribution in [1.29, 1.82) is 0 Å². The van der Waals surface area contributed by atoms with Gasteiger partial charge in [0.15, 0.2) is 5.60 Å². The molecule has 1 aromatic rings. The van der Waals surface area contributed by atoms with Crippen molar-refractivity contribution >= 4 is 12.0 Å². The predicted octanol–water partition coefficient (Wildman–Crippen LogP) is 1.79. The maximum Gasteiger partial charge on any atom is 0.410 e. The van der Waals surface area contributed by atoms with E-state index in [0.717, 1.165) is 38.0 Å². The largest absolute Gasteiger partial charge is 0.438 e. The Labute approximate surface area is 164 Å². The molecule has 1 aromatic heterocycles. The highest BCUT2D eigenvalue weighted by Gasteiger charge is 2.56. The average molecular weight is 385 g/mol. The number of piperidine rings is 1. The zero-order valence-corrected chi connectivity index (χ0v) is 16.2. The molecule has 7 heteroatoms. The zero-order chi connectivity index (χ0) is 19.3. The molecule has 0 unspecified atom stereocenters. The molecule has 28 heavy (non-hydrogen) atoms. The third-order valence-corrected chi connectivity index (χ3v) is 6.79. The van der Waals surface area contributed by atoms with Gasteiger partial charge in [-0.1, -0.05) is 6.07 Å². The fourth-order valence-corrected chi connectivity index (χ4v) is 4.89. The van der Waals surface area contributed by atoms with Crippen molar-refractivity contribution in [3.05, 3.63) is 30.1 Å². The lowest BCUT2D eigenvalue weighted by Crippen LogP contribution is -2.52. The Hall–Kier alpha value is -2.15.